The van der Waals surface area contributed by atoms with Crippen molar-refractivity contribution < 1.29 is 0 Å². The number of nitrogens with zero attached hydrogens (tertiary/aromatic N) is 2. The zero-order valence-electron chi connectivity index (χ0n) is 13.6. The van der Waals surface area contributed by atoms with E-state index >= 15 is 0 Å². The Kier molecular flexibility index (Phi) is 4.91. The van der Waals surface area contributed by atoms with Gasteiger partial charge in [0, 0.05) is 44.8 Å². The Labute approximate surface area is 119 Å². The third-order valence-corrected chi connectivity index (χ3v) is 5.49. The summed E-state index contributed by atoms with van der Waals surface area (Å²) < 4.78 is 0. The van der Waals surface area contributed by atoms with E-state index in [1.54, 1.807) is 0 Å². The predicted molar refractivity (Wildman–Crippen MR) is 82.5 cm³/mol. The molecule has 2 unspecified atom stereocenters. The van der Waals surface area contributed by atoms with Crippen LogP contribution in [0.4, 0.5) is 0 Å². The molecule has 0 radical (unpaired) electrons. The Morgan fingerprint density at radius 3 is 2.11 bits per heavy atom. The van der Waals surface area contributed by atoms with Gasteiger partial charge in [0.15, 0.2) is 0 Å². The topological polar surface area (TPSA) is 18.5 Å². The quantitative estimate of drug-likeness (QED) is 0.794. The van der Waals surface area contributed by atoms with E-state index in [1.165, 1.54) is 39.0 Å². The Balaban J connectivity index is 1.82. The normalized spacial score (nSPS) is 27.5. The maximum atomic E-state index is 3.82. The molecule has 0 amide bonds. The monoisotopic (exact) mass is 267 g/mol. The molecule has 1 aliphatic heterocycles. The standard InChI is InChI=1S/C16H33N3/c1-13(2)15(19-10-8-18(5)9-11-19)12-17-14(3)16(4)6-7-16/h13-15,17H,6-12H2,1-5H3. The molecule has 1 saturated heterocycles. The van der Waals surface area contributed by atoms with Gasteiger partial charge in [-0.3, -0.25) is 4.90 Å². The highest BCUT2D eigenvalue weighted by Gasteiger charge is 2.42. The lowest BCUT2D eigenvalue weighted by molar-refractivity contribution is 0.0848. The zero-order valence-corrected chi connectivity index (χ0v) is 13.6. The summed E-state index contributed by atoms with van der Waals surface area (Å²) in [5.74, 6) is 0.732. The summed E-state index contributed by atoms with van der Waals surface area (Å²) >= 11 is 0. The first-order valence-corrected chi connectivity index (χ1v) is 8.08. The Morgan fingerprint density at radius 2 is 1.63 bits per heavy atom. The van der Waals surface area contributed by atoms with Crippen LogP contribution in [0.2, 0.25) is 0 Å². The maximum absolute atomic E-state index is 3.82. The molecule has 1 saturated carbocycles. The van der Waals surface area contributed by atoms with Gasteiger partial charge in [-0.25, -0.2) is 0 Å². The smallest absolute Gasteiger partial charge is 0.0244 e. The van der Waals surface area contributed by atoms with Crippen LogP contribution in [0, 0.1) is 11.3 Å². The van der Waals surface area contributed by atoms with E-state index < -0.39 is 0 Å². The van der Waals surface area contributed by atoms with Crippen LogP contribution in [-0.2, 0) is 0 Å². The molecule has 3 heteroatoms. The van der Waals surface area contributed by atoms with Crippen LogP contribution in [0.25, 0.3) is 0 Å². The highest BCUT2D eigenvalue weighted by molar-refractivity contribution is 4.97. The van der Waals surface area contributed by atoms with E-state index in [-0.39, 0.29) is 0 Å². The lowest BCUT2D eigenvalue weighted by Crippen LogP contribution is -2.54. The van der Waals surface area contributed by atoms with Gasteiger partial charge in [0.2, 0.25) is 0 Å². The third-order valence-electron chi connectivity index (χ3n) is 5.49. The highest BCUT2D eigenvalue weighted by Crippen LogP contribution is 2.47. The first-order valence-electron chi connectivity index (χ1n) is 8.08. The van der Waals surface area contributed by atoms with Crippen molar-refractivity contribution in [2.24, 2.45) is 11.3 Å². The van der Waals surface area contributed by atoms with Crippen molar-refractivity contribution in [3.8, 4) is 0 Å². The van der Waals surface area contributed by atoms with Gasteiger partial charge >= 0.3 is 0 Å². The molecule has 0 spiro atoms. The summed E-state index contributed by atoms with van der Waals surface area (Å²) in [4.78, 5) is 5.13. The van der Waals surface area contributed by atoms with E-state index in [4.69, 9.17) is 0 Å². The summed E-state index contributed by atoms with van der Waals surface area (Å²) in [5, 5.41) is 3.82. The summed E-state index contributed by atoms with van der Waals surface area (Å²) in [6.45, 7) is 15.6. The lowest BCUT2D eigenvalue weighted by Gasteiger charge is -2.40. The fourth-order valence-corrected chi connectivity index (χ4v) is 3.11. The van der Waals surface area contributed by atoms with Crippen LogP contribution in [0.5, 0.6) is 0 Å². The maximum Gasteiger partial charge on any atom is 0.0244 e. The van der Waals surface area contributed by atoms with E-state index in [0.717, 1.165) is 12.5 Å². The predicted octanol–water partition coefficient (Wildman–Crippen LogP) is 2.04. The molecule has 2 fully saturated rings. The van der Waals surface area contributed by atoms with E-state index in [0.29, 0.717) is 17.5 Å². The molecule has 2 atom stereocenters. The van der Waals surface area contributed by atoms with Crippen LogP contribution >= 0.6 is 0 Å². The Morgan fingerprint density at radius 1 is 1.05 bits per heavy atom. The van der Waals surface area contributed by atoms with E-state index in [9.17, 15) is 0 Å². The zero-order chi connectivity index (χ0) is 14.0. The summed E-state index contributed by atoms with van der Waals surface area (Å²) in [5.41, 5.74) is 0.587. The first-order chi connectivity index (χ1) is 8.92. The Hall–Kier alpha value is -0.120. The van der Waals surface area contributed by atoms with Gasteiger partial charge in [-0.15, -0.1) is 0 Å². The van der Waals surface area contributed by atoms with Crippen LogP contribution < -0.4 is 5.32 Å². The second-order valence-electron chi connectivity index (χ2n) is 7.43. The van der Waals surface area contributed by atoms with Gasteiger partial charge in [-0.1, -0.05) is 20.8 Å². The number of rotatable bonds is 6. The molecule has 0 aromatic heterocycles. The highest BCUT2D eigenvalue weighted by atomic mass is 15.3. The van der Waals surface area contributed by atoms with Crippen molar-refractivity contribution >= 4 is 0 Å². The second-order valence-corrected chi connectivity index (χ2v) is 7.43. The molecule has 3 nitrogen and oxygen atoms in total. The molecule has 0 aromatic rings. The SMILES string of the molecule is CC(C)C(CNC(C)C1(C)CC1)N1CCN(C)CC1. The van der Waals surface area contributed by atoms with Gasteiger partial charge in [0.25, 0.3) is 0 Å². The first kappa shape index (κ1) is 15.3. The number of hydrogen-bond donors (Lipinski definition) is 1. The van der Waals surface area contributed by atoms with Gasteiger partial charge < -0.3 is 10.2 Å². The average Bonchev–Trinajstić information content (AvgIpc) is 3.10. The van der Waals surface area contributed by atoms with Crippen LogP contribution in [0.15, 0.2) is 0 Å². The number of hydrogen-bond acceptors (Lipinski definition) is 3. The van der Waals surface area contributed by atoms with Crippen molar-refractivity contribution in [1.29, 1.82) is 0 Å². The van der Waals surface area contributed by atoms with E-state index in [2.05, 4.69) is 49.9 Å². The van der Waals surface area contributed by atoms with Gasteiger partial charge in [-0.05, 0) is 38.1 Å². The molecule has 2 aliphatic rings. The minimum Gasteiger partial charge on any atom is -0.312 e. The van der Waals surface area contributed by atoms with E-state index in [1.807, 2.05) is 0 Å². The minimum atomic E-state index is 0.587. The second kappa shape index (κ2) is 6.11. The molecule has 1 heterocycles. The lowest BCUT2D eigenvalue weighted by atomic mass is 9.98. The third kappa shape index (κ3) is 3.93. The molecular formula is C16H33N3. The van der Waals surface area contributed by atoms with Crippen molar-refractivity contribution in [3.05, 3.63) is 0 Å². The van der Waals surface area contributed by atoms with Crippen molar-refractivity contribution in [1.82, 2.24) is 15.1 Å². The molecule has 0 bridgehead atoms. The molecule has 2 rings (SSSR count). The van der Waals surface area contributed by atoms with Crippen molar-refractivity contribution in [2.75, 3.05) is 39.8 Å². The molecule has 1 N–H and O–H groups in total. The fraction of sp³-hybridized carbons (Fsp3) is 1.00. The molecule has 19 heavy (non-hydrogen) atoms. The molecule has 1 aliphatic carbocycles. The number of nitrogens with one attached hydrogen (secondary N) is 1. The summed E-state index contributed by atoms with van der Waals surface area (Å²) in [6.07, 6.45) is 2.81. The minimum absolute atomic E-state index is 0.587. The van der Waals surface area contributed by atoms with Crippen LogP contribution in [0.3, 0.4) is 0 Å². The van der Waals surface area contributed by atoms with Gasteiger partial charge in [0.1, 0.15) is 0 Å². The molecular weight excluding hydrogens is 234 g/mol. The summed E-state index contributed by atoms with van der Waals surface area (Å²) in [6, 6.07) is 1.36. The Bertz CT molecular complexity index is 278. The van der Waals surface area contributed by atoms with Crippen molar-refractivity contribution in [3.63, 3.8) is 0 Å². The fourth-order valence-electron chi connectivity index (χ4n) is 3.11. The van der Waals surface area contributed by atoms with Crippen LogP contribution in [-0.4, -0.2) is 61.7 Å². The molecule has 0 aromatic carbocycles. The molecule has 112 valence electrons. The average molecular weight is 267 g/mol. The van der Waals surface area contributed by atoms with Crippen LogP contribution in [0.1, 0.15) is 40.5 Å². The van der Waals surface area contributed by atoms with Gasteiger partial charge in [-0.2, -0.15) is 0 Å². The number of piperazine rings is 1. The van der Waals surface area contributed by atoms with Crippen molar-refractivity contribution in [2.45, 2.75) is 52.6 Å². The van der Waals surface area contributed by atoms with Gasteiger partial charge in [0.05, 0.1) is 0 Å². The summed E-state index contributed by atoms with van der Waals surface area (Å²) in [7, 11) is 2.23. The number of likely N-dealkylation sites (N-methyl/N-ethyl adjacent to an activating group) is 1. The largest absolute Gasteiger partial charge is 0.312 e.